The molecule has 1 aliphatic heterocycles. The molecule has 136 valence electrons. The molecule has 27 heavy (non-hydrogen) atoms. The molecule has 0 spiro atoms. The van der Waals surface area contributed by atoms with Crippen molar-refractivity contribution in [2.45, 2.75) is 6.42 Å². The van der Waals surface area contributed by atoms with E-state index in [9.17, 15) is 4.79 Å². The predicted octanol–water partition coefficient (Wildman–Crippen LogP) is 3.08. The van der Waals surface area contributed by atoms with Crippen LogP contribution in [0, 0.1) is 0 Å². The summed E-state index contributed by atoms with van der Waals surface area (Å²) in [6.45, 7) is 1.08. The Bertz CT molecular complexity index is 966. The zero-order chi connectivity index (χ0) is 18.5. The van der Waals surface area contributed by atoms with Crippen LogP contribution >= 0.6 is 0 Å². The number of benzene rings is 2. The van der Waals surface area contributed by atoms with Crippen LogP contribution in [-0.4, -0.2) is 29.3 Å². The Labute approximate surface area is 155 Å². The van der Waals surface area contributed by atoms with Gasteiger partial charge in [0.15, 0.2) is 11.5 Å². The first-order valence-corrected chi connectivity index (χ1v) is 8.51. The van der Waals surface area contributed by atoms with E-state index in [4.69, 9.17) is 13.9 Å². The van der Waals surface area contributed by atoms with E-state index in [1.807, 2.05) is 48.5 Å². The second-order valence-electron chi connectivity index (χ2n) is 5.89. The molecule has 4 rings (SSSR count). The zero-order valence-electron chi connectivity index (χ0n) is 14.4. The normalized spacial score (nSPS) is 12.9. The second-order valence-corrected chi connectivity index (χ2v) is 5.89. The number of anilines is 1. The van der Waals surface area contributed by atoms with Gasteiger partial charge in [-0.25, -0.2) is 0 Å². The van der Waals surface area contributed by atoms with Crippen LogP contribution < -0.4 is 14.8 Å². The van der Waals surface area contributed by atoms with Crippen molar-refractivity contribution in [3.8, 4) is 11.5 Å². The van der Waals surface area contributed by atoms with E-state index in [-0.39, 0.29) is 11.9 Å². The highest BCUT2D eigenvalue weighted by atomic mass is 16.6. The lowest BCUT2D eigenvalue weighted by molar-refractivity contribution is -0.112. The molecule has 1 amide bonds. The van der Waals surface area contributed by atoms with Crippen LogP contribution in [0.15, 0.2) is 59.0 Å². The fraction of sp³-hybridized carbons (Fsp3) is 0.150. The lowest BCUT2D eigenvalue weighted by Crippen LogP contribution is -2.15. The van der Waals surface area contributed by atoms with Crippen LogP contribution in [0.5, 0.6) is 11.5 Å². The highest BCUT2D eigenvalue weighted by molar-refractivity contribution is 6.00. The summed E-state index contributed by atoms with van der Waals surface area (Å²) in [7, 11) is 0. The van der Waals surface area contributed by atoms with Gasteiger partial charge < -0.3 is 13.9 Å². The molecule has 1 aromatic heterocycles. The SMILES string of the molecule is O=C(/C=C/c1ccccc1)Nc1nnc(Cc2ccc3c(c2)OCCO3)o1. The molecular formula is C20H17N3O4. The number of carbonyl (C=O) groups is 1. The number of nitrogens with zero attached hydrogens (tertiary/aromatic N) is 2. The summed E-state index contributed by atoms with van der Waals surface area (Å²) in [5.74, 6) is 1.49. The fourth-order valence-corrected chi connectivity index (χ4v) is 2.63. The Morgan fingerprint density at radius 1 is 1.04 bits per heavy atom. The molecule has 3 aromatic rings. The van der Waals surface area contributed by atoms with Crippen LogP contribution in [0.3, 0.4) is 0 Å². The Balaban J connectivity index is 1.37. The third-order valence-electron chi connectivity index (χ3n) is 3.89. The number of amides is 1. The van der Waals surface area contributed by atoms with Gasteiger partial charge in [-0.1, -0.05) is 41.5 Å². The summed E-state index contributed by atoms with van der Waals surface area (Å²) < 4.78 is 16.6. The van der Waals surface area contributed by atoms with Crippen LogP contribution in [0.1, 0.15) is 17.0 Å². The van der Waals surface area contributed by atoms with Crippen LogP contribution in [-0.2, 0) is 11.2 Å². The Morgan fingerprint density at radius 3 is 2.70 bits per heavy atom. The largest absolute Gasteiger partial charge is 0.486 e. The molecular weight excluding hydrogens is 346 g/mol. The molecule has 0 fully saturated rings. The molecule has 0 atom stereocenters. The van der Waals surface area contributed by atoms with Crippen LogP contribution in [0.4, 0.5) is 6.01 Å². The van der Waals surface area contributed by atoms with Gasteiger partial charge in [-0.15, -0.1) is 5.10 Å². The fourth-order valence-electron chi connectivity index (χ4n) is 2.63. The first kappa shape index (κ1) is 16.8. The number of aromatic nitrogens is 2. The molecule has 0 saturated heterocycles. The first-order chi connectivity index (χ1) is 13.3. The number of fused-ring (bicyclic) bond motifs is 1. The summed E-state index contributed by atoms with van der Waals surface area (Å²) >= 11 is 0. The summed E-state index contributed by atoms with van der Waals surface area (Å²) in [4.78, 5) is 12.0. The van der Waals surface area contributed by atoms with Gasteiger partial charge in [-0.2, -0.15) is 0 Å². The highest BCUT2D eigenvalue weighted by Crippen LogP contribution is 2.31. The van der Waals surface area contributed by atoms with Crippen molar-refractivity contribution in [2.75, 3.05) is 18.5 Å². The molecule has 0 radical (unpaired) electrons. The Hall–Kier alpha value is -3.61. The topological polar surface area (TPSA) is 86.5 Å². The minimum atomic E-state index is -0.339. The van der Waals surface area contributed by atoms with Gasteiger partial charge in [0, 0.05) is 6.08 Å². The first-order valence-electron chi connectivity index (χ1n) is 8.51. The van der Waals surface area contributed by atoms with E-state index in [2.05, 4.69) is 15.5 Å². The van der Waals surface area contributed by atoms with E-state index in [0.717, 1.165) is 16.9 Å². The molecule has 0 bridgehead atoms. The number of hydrogen-bond donors (Lipinski definition) is 1. The van der Waals surface area contributed by atoms with Gasteiger partial charge in [-0.3, -0.25) is 10.1 Å². The monoisotopic (exact) mass is 363 g/mol. The summed E-state index contributed by atoms with van der Waals surface area (Å²) in [5, 5.41) is 10.4. The van der Waals surface area contributed by atoms with Gasteiger partial charge in [0.2, 0.25) is 5.89 Å². The molecule has 2 aromatic carbocycles. The van der Waals surface area contributed by atoms with Gasteiger partial charge in [0.25, 0.3) is 5.91 Å². The molecule has 1 N–H and O–H groups in total. The summed E-state index contributed by atoms with van der Waals surface area (Å²) in [6, 6.07) is 15.3. The average molecular weight is 363 g/mol. The smallest absolute Gasteiger partial charge is 0.322 e. The Morgan fingerprint density at radius 2 is 1.85 bits per heavy atom. The molecule has 7 heteroatoms. The minimum absolute atomic E-state index is 0.0604. The molecule has 0 aliphatic carbocycles. The minimum Gasteiger partial charge on any atom is -0.486 e. The molecule has 2 heterocycles. The van der Waals surface area contributed by atoms with Gasteiger partial charge >= 0.3 is 6.01 Å². The Kier molecular flexibility index (Phi) is 4.82. The van der Waals surface area contributed by atoms with Crippen molar-refractivity contribution in [3.05, 3.63) is 71.6 Å². The van der Waals surface area contributed by atoms with E-state index >= 15 is 0 Å². The van der Waals surface area contributed by atoms with Crippen molar-refractivity contribution in [2.24, 2.45) is 0 Å². The summed E-state index contributed by atoms with van der Waals surface area (Å²) in [6.07, 6.45) is 3.56. The van der Waals surface area contributed by atoms with Crippen LogP contribution in [0.25, 0.3) is 6.08 Å². The van der Waals surface area contributed by atoms with Gasteiger partial charge in [-0.05, 0) is 29.3 Å². The average Bonchev–Trinajstić information content (AvgIpc) is 3.14. The van der Waals surface area contributed by atoms with Crippen molar-refractivity contribution >= 4 is 18.0 Å². The molecule has 7 nitrogen and oxygen atoms in total. The van der Waals surface area contributed by atoms with E-state index < -0.39 is 0 Å². The third-order valence-corrected chi connectivity index (χ3v) is 3.89. The van der Waals surface area contributed by atoms with Crippen LogP contribution in [0.2, 0.25) is 0 Å². The van der Waals surface area contributed by atoms with Crippen molar-refractivity contribution < 1.29 is 18.7 Å². The molecule has 0 saturated carbocycles. The van der Waals surface area contributed by atoms with E-state index in [0.29, 0.717) is 31.3 Å². The van der Waals surface area contributed by atoms with Gasteiger partial charge in [0.1, 0.15) is 13.2 Å². The maximum Gasteiger partial charge on any atom is 0.322 e. The standard InChI is InChI=1S/C20H17N3O4/c24-18(9-7-14-4-2-1-3-5-14)21-20-23-22-19(27-20)13-15-6-8-16-17(12-15)26-11-10-25-16/h1-9,12H,10-11,13H2,(H,21,23,24)/b9-7+. The number of nitrogens with one attached hydrogen (secondary N) is 1. The highest BCUT2D eigenvalue weighted by Gasteiger charge is 2.14. The second kappa shape index (κ2) is 7.74. The lowest BCUT2D eigenvalue weighted by atomic mass is 10.1. The van der Waals surface area contributed by atoms with E-state index in [1.165, 1.54) is 6.08 Å². The summed E-state index contributed by atoms with van der Waals surface area (Å²) in [5.41, 5.74) is 1.88. The van der Waals surface area contributed by atoms with Crippen molar-refractivity contribution in [1.29, 1.82) is 0 Å². The lowest BCUT2D eigenvalue weighted by Gasteiger charge is -2.18. The number of carbonyl (C=O) groups excluding carboxylic acids is 1. The van der Waals surface area contributed by atoms with E-state index in [1.54, 1.807) is 6.08 Å². The maximum absolute atomic E-state index is 12.0. The van der Waals surface area contributed by atoms with Crippen molar-refractivity contribution in [3.63, 3.8) is 0 Å². The number of rotatable bonds is 5. The van der Waals surface area contributed by atoms with Crippen molar-refractivity contribution in [1.82, 2.24) is 10.2 Å². The number of hydrogen-bond acceptors (Lipinski definition) is 6. The zero-order valence-corrected chi connectivity index (χ0v) is 14.4. The van der Waals surface area contributed by atoms with Gasteiger partial charge in [0.05, 0.1) is 6.42 Å². The molecule has 0 unspecified atom stereocenters. The third kappa shape index (κ3) is 4.33. The predicted molar refractivity (Wildman–Crippen MR) is 98.6 cm³/mol. The molecule has 1 aliphatic rings. The number of ether oxygens (including phenoxy) is 2. The maximum atomic E-state index is 12.0. The quantitative estimate of drug-likeness (QED) is 0.701.